The van der Waals surface area contributed by atoms with Gasteiger partial charge in [0.1, 0.15) is 11.3 Å². The van der Waals surface area contributed by atoms with Crippen LogP contribution in [0, 0.1) is 0 Å². The number of carbonyl (C=O) groups is 3. The third kappa shape index (κ3) is 4.15. The Bertz CT molecular complexity index is 1110. The molecule has 0 saturated carbocycles. The maximum absolute atomic E-state index is 14.6. The van der Waals surface area contributed by atoms with Gasteiger partial charge in [0.25, 0.3) is 17.4 Å². The molecule has 0 fully saturated rings. The number of nitrogens with zero attached hydrogens (tertiary/aromatic N) is 1. The second-order valence-corrected chi connectivity index (χ2v) is 7.26. The van der Waals surface area contributed by atoms with Gasteiger partial charge in [-0.05, 0) is 30.7 Å². The maximum atomic E-state index is 14.6. The molecule has 1 atom stereocenters. The molecule has 0 spiro atoms. The number of hydrogen-bond donors (Lipinski definition) is 1. The van der Waals surface area contributed by atoms with Gasteiger partial charge in [0.15, 0.2) is 0 Å². The fourth-order valence-corrected chi connectivity index (χ4v) is 3.68. The zero-order valence-corrected chi connectivity index (χ0v) is 18.0. The van der Waals surface area contributed by atoms with Crippen LogP contribution in [0.25, 0.3) is 0 Å². The number of halogens is 3. The third-order valence-corrected chi connectivity index (χ3v) is 5.34. The molecule has 0 aliphatic carbocycles. The lowest BCUT2D eigenvalue weighted by Crippen LogP contribution is -2.66. The number of esters is 1. The summed E-state index contributed by atoms with van der Waals surface area (Å²) in [5.41, 5.74) is -4.53. The van der Waals surface area contributed by atoms with Crippen molar-refractivity contribution < 1.29 is 37.0 Å². The SMILES string of the molecule is COC(=O)C1=C(C)N(Cc2ccccc2)C(=O)[C@]1(NC(=O)c1cccc(OC)c1)C(F)(F)F. The fourth-order valence-electron chi connectivity index (χ4n) is 3.68. The second-order valence-electron chi connectivity index (χ2n) is 7.26. The molecule has 174 valence electrons. The van der Waals surface area contributed by atoms with Gasteiger partial charge in [0.05, 0.1) is 20.8 Å². The van der Waals surface area contributed by atoms with E-state index in [0.717, 1.165) is 12.0 Å². The van der Waals surface area contributed by atoms with E-state index < -0.39 is 35.1 Å². The molecule has 33 heavy (non-hydrogen) atoms. The molecule has 1 N–H and O–H groups in total. The summed E-state index contributed by atoms with van der Waals surface area (Å²) in [6, 6.07) is 13.7. The number of nitrogens with one attached hydrogen (secondary N) is 1. The van der Waals surface area contributed by atoms with Gasteiger partial charge in [-0.3, -0.25) is 9.59 Å². The predicted octanol–water partition coefficient (Wildman–Crippen LogP) is 3.22. The minimum absolute atomic E-state index is 0.186. The molecular formula is C23H21F3N2O5. The molecule has 7 nitrogen and oxygen atoms in total. The highest BCUT2D eigenvalue weighted by molar-refractivity contribution is 6.11. The Kier molecular flexibility index (Phi) is 6.48. The van der Waals surface area contributed by atoms with E-state index in [0.29, 0.717) is 5.56 Å². The molecule has 10 heteroatoms. The van der Waals surface area contributed by atoms with E-state index in [4.69, 9.17) is 4.74 Å². The molecule has 2 aromatic carbocycles. The lowest BCUT2D eigenvalue weighted by molar-refractivity contribution is -0.192. The second kappa shape index (κ2) is 8.97. The van der Waals surface area contributed by atoms with Gasteiger partial charge in [-0.2, -0.15) is 13.2 Å². The Balaban J connectivity index is 2.13. The molecule has 1 heterocycles. The third-order valence-electron chi connectivity index (χ3n) is 5.34. The van der Waals surface area contributed by atoms with Crippen LogP contribution >= 0.6 is 0 Å². The van der Waals surface area contributed by atoms with Crippen molar-refractivity contribution in [3.05, 3.63) is 77.0 Å². The number of carbonyl (C=O) groups excluding carboxylic acids is 3. The van der Waals surface area contributed by atoms with Crippen molar-refractivity contribution in [3.63, 3.8) is 0 Å². The smallest absolute Gasteiger partial charge is 0.425 e. The first-order valence-electron chi connectivity index (χ1n) is 9.75. The van der Waals surface area contributed by atoms with Crippen molar-refractivity contribution in [2.75, 3.05) is 14.2 Å². The molecule has 0 saturated heterocycles. The topological polar surface area (TPSA) is 84.9 Å². The van der Waals surface area contributed by atoms with E-state index in [2.05, 4.69) is 4.74 Å². The quantitative estimate of drug-likeness (QED) is 0.667. The normalized spacial score (nSPS) is 18.4. The zero-order valence-electron chi connectivity index (χ0n) is 18.0. The summed E-state index contributed by atoms with van der Waals surface area (Å²) in [7, 11) is 2.23. The van der Waals surface area contributed by atoms with Crippen molar-refractivity contribution in [3.8, 4) is 5.75 Å². The largest absolute Gasteiger partial charge is 0.497 e. The molecule has 3 rings (SSSR count). The van der Waals surface area contributed by atoms with Crippen LogP contribution in [0.4, 0.5) is 13.2 Å². The van der Waals surface area contributed by atoms with Gasteiger partial charge in [-0.15, -0.1) is 0 Å². The van der Waals surface area contributed by atoms with Crippen LogP contribution < -0.4 is 10.1 Å². The number of allylic oxidation sites excluding steroid dienone is 1. The van der Waals surface area contributed by atoms with Gasteiger partial charge in [0.2, 0.25) is 0 Å². The molecule has 0 aromatic heterocycles. The summed E-state index contributed by atoms with van der Waals surface area (Å²) in [4.78, 5) is 39.5. The minimum Gasteiger partial charge on any atom is -0.497 e. The Labute approximate surface area is 187 Å². The zero-order chi connectivity index (χ0) is 24.4. The van der Waals surface area contributed by atoms with Crippen LogP contribution in [-0.2, 0) is 20.9 Å². The number of ether oxygens (including phenoxy) is 2. The van der Waals surface area contributed by atoms with E-state index in [1.54, 1.807) is 35.6 Å². The summed E-state index contributed by atoms with van der Waals surface area (Å²) < 4.78 is 53.4. The number of benzene rings is 2. The van der Waals surface area contributed by atoms with Crippen LogP contribution in [-0.4, -0.2) is 48.6 Å². The molecule has 0 unspecified atom stereocenters. The van der Waals surface area contributed by atoms with Crippen LogP contribution in [0.3, 0.4) is 0 Å². The van der Waals surface area contributed by atoms with Crippen LogP contribution in [0.15, 0.2) is 65.9 Å². The highest BCUT2D eigenvalue weighted by Crippen LogP contribution is 2.45. The molecule has 1 aliphatic rings. The minimum atomic E-state index is -5.35. The Morgan fingerprint density at radius 3 is 2.30 bits per heavy atom. The van der Waals surface area contributed by atoms with Crippen LogP contribution in [0.1, 0.15) is 22.8 Å². The lowest BCUT2D eigenvalue weighted by atomic mass is 9.88. The Morgan fingerprint density at radius 1 is 1.06 bits per heavy atom. The van der Waals surface area contributed by atoms with Gasteiger partial charge in [-0.1, -0.05) is 36.4 Å². The first-order valence-corrected chi connectivity index (χ1v) is 9.75. The maximum Gasteiger partial charge on any atom is 0.425 e. The number of methoxy groups -OCH3 is 2. The molecule has 0 radical (unpaired) electrons. The standard InChI is InChI=1S/C23H21F3N2O5/c1-14-18(20(30)33-3)22(23(24,25)26,21(31)28(14)13-15-8-5-4-6-9-15)27-19(29)16-10-7-11-17(12-16)32-2/h4-12H,13H2,1-3H3,(H,27,29)/t22-/m0/s1. The fraction of sp³-hybridized carbons (Fsp3) is 0.261. The first kappa shape index (κ1) is 23.8. The van der Waals surface area contributed by atoms with Crippen molar-refractivity contribution in [1.29, 1.82) is 0 Å². The van der Waals surface area contributed by atoms with Crippen molar-refractivity contribution in [2.45, 2.75) is 25.2 Å². The molecule has 2 amide bonds. The Hall–Kier alpha value is -3.82. The summed E-state index contributed by atoms with van der Waals surface area (Å²) in [6.07, 6.45) is -5.35. The lowest BCUT2D eigenvalue weighted by Gasteiger charge is -2.33. The van der Waals surface area contributed by atoms with E-state index in [9.17, 15) is 27.6 Å². The average Bonchev–Trinajstić information content (AvgIpc) is 3.01. The van der Waals surface area contributed by atoms with Gasteiger partial charge in [-0.25, -0.2) is 4.79 Å². The van der Waals surface area contributed by atoms with Gasteiger partial charge in [0, 0.05) is 11.3 Å². The molecular weight excluding hydrogens is 441 g/mol. The summed E-state index contributed by atoms with van der Waals surface area (Å²) in [6.45, 7) is 0.969. The molecule has 2 aromatic rings. The van der Waals surface area contributed by atoms with E-state index in [-0.39, 0.29) is 23.6 Å². The van der Waals surface area contributed by atoms with E-state index in [1.807, 2.05) is 0 Å². The van der Waals surface area contributed by atoms with E-state index in [1.165, 1.54) is 38.3 Å². The summed E-state index contributed by atoms with van der Waals surface area (Å²) in [5.74, 6) is -3.87. The van der Waals surface area contributed by atoms with Gasteiger partial charge >= 0.3 is 12.1 Å². The summed E-state index contributed by atoms with van der Waals surface area (Å²) in [5, 5.41) is 1.79. The highest BCUT2D eigenvalue weighted by atomic mass is 19.4. The first-order chi connectivity index (χ1) is 15.6. The average molecular weight is 462 g/mol. The van der Waals surface area contributed by atoms with Crippen molar-refractivity contribution in [1.82, 2.24) is 10.2 Å². The molecule has 1 aliphatic heterocycles. The van der Waals surface area contributed by atoms with E-state index >= 15 is 0 Å². The van der Waals surface area contributed by atoms with Crippen molar-refractivity contribution in [2.24, 2.45) is 0 Å². The number of rotatable bonds is 6. The Morgan fingerprint density at radius 2 is 1.73 bits per heavy atom. The van der Waals surface area contributed by atoms with Gasteiger partial charge < -0.3 is 19.7 Å². The number of alkyl halides is 3. The number of amides is 2. The monoisotopic (exact) mass is 462 g/mol. The predicted molar refractivity (Wildman–Crippen MR) is 111 cm³/mol. The molecule has 0 bridgehead atoms. The summed E-state index contributed by atoms with van der Waals surface area (Å²) >= 11 is 0. The van der Waals surface area contributed by atoms with Crippen LogP contribution in [0.2, 0.25) is 0 Å². The number of hydrogen-bond acceptors (Lipinski definition) is 5. The van der Waals surface area contributed by atoms with Crippen molar-refractivity contribution >= 4 is 17.8 Å². The highest BCUT2D eigenvalue weighted by Gasteiger charge is 2.70. The van der Waals surface area contributed by atoms with Crippen LogP contribution in [0.5, 0.6) is 5.75 Å².